The van der Waals surface area contributed by atoms with E-state index >= 15 is 0 Å². The first kappa shape index (κ1) is 12.7. The van der Waals surface area contributed by atoms with Crippen molar-refractivity contribution in [2.75, 3.05) is 5.32 Å². The molecule has 1 aromatic carbocycles. The Balaban J connectivity index is 2.19. The summed E-state index contributed by atoms with van der Waals surface area (Å²) in [6, 6.07) is 6.99. The van der Waals surface area contributed by atoms with Crippen LogP contribution >= 0.6 is 28.1 Å². The number of aromatic amines is 1. The van der Waals surface area contributed by atoms with E-state index in [9.17, 15) is 4.79 Å². The number of nitrogens with two attached hydrogens (primary N) is 1. The fourth-order valence-corrected chi connectivity index (χ4v) is 1.77. The summed E-state index contributed by atoms with van der Waals surface area (Å²) in [7, 11) is 0. The van der Waals surface area contributed by atoms with Gasteiger partial charge in [0.2, 0.25) is 0 Å². The highest BCUT2D eigenvalue weighted by molar-refractivity contribution is 9.10. The van der Waals surface area contributed by atoms with Crippen LogP contribution in [0.15, 0.2) is 34.9 Å². The summed E-state index contributed by atoms with van der Waals surface area (Å²) >= 11 is 8.15. The van der Waals surface area contributed by atoms with Crippen LogP contribution < -0.4 is 11.1 Å². The van der Waals surface area contributed by atoms with Crippen LogP contribution in [0.25, 0.3) is 0 Å². The third-order valence-corrected chi connectivity index (χ3v) is 3.00. The van der Waals surface area contributed by atoms with Crippen LogP contribution in [0.4, 0.5) is 5.82 Å². The van der Waals surface area contributed by atoms with Gasteiger partial charge in [-0.15, -0.1) is 0 Å². The molecular weight excluding hydrogens is 316 g/mol. The summed E-state index contributed by atoms with van der Waals surface area (Å²) in [4.78, 5) is 12.1. The highest BCUT2D eigenvalue weighted by atomic mass is 79.9. The third kappa shape index (κ3) is 2.74. The van der Waals surface area contributed by atoms with Gasteiger partial charge in [0.25, 0.3) is 5.91 Å². The zero-order valence-corrected chi connectivity index (χ0v) is 11.5. The third-order valence-electron chi connectivity index (χ3n) is 2.25. The molecule has 0 atom stereocenters. The van der Waals surface area contributed by atoms with Gasteiger partial charge >= 0.3 is 0 Å². The zero-order chi connectivity index (χ0) is 13.1. The number of carbonyl (C=O) groups is 1. The molecule has 92 valence electrons. The highest BCUT2D eigenvalue weighted by Crippen LogP contribution is 2.14. The minimum Gasteiger partial charge on any atom is -0.389 e. The topological polar surface area (TPSA) is 83.8 Å². The Labute approximate surface area is 117 Å². The van der Waals surface area contributed by atoms with Crippen molar-refractivity contribution in [1.29, 1.82) is 0 Å². The molecular formula is C11H9BrN4OS. The smallest absolute Gasteiger partial charge is 0.256 e. The van der Waals surface area contributed by atoms with Gasteiger partial charge in [0.05, 0.1) is 11.8 Å². The zero-order valence-electron chi connectivity index (χ0n) is 9.11. The number of benzene rings is 1. The van der Waals surface area contributed by atoms with E-state index in [1.54, 1.807) is 24.3 Å². The number of rotatable bonds is 3. The van der Waals surface area contributed by atoms with Crippen LogP contribution in [-0.4, -0.2) is 21.1 Å². The number of hydrogen-bond donors (Lipinski definition) is 3. The molecule has 0 saturated carbocycles. The van der Waals surface area contributed by atoms with E-state index in [1.165, 1.54) is 6.20 Å². The minimum atomic E-state index is -0.260. The summed E-state index contributed by atoms with van der Waals surface area (Å²) in [6.45, 7) is 0. The number of halogens is 1. The molecule has 0 aliphatic heterocycles. The Morgan fingerprint density at radius 3 is 2.67 bits per heavy atom. The van der Waals surface area contributed by atoms with Gasteiger partial charge in [0, 0.05) is 10.0 Å². The Bertz CT molecular complexity index is 593. The molecule has 18 heavy (non-hydrogen) atoms. The lowest BCUT2D eigenvalue weighted by Crippen LogP contribution is -2.16. The first-order chi connectivity index (χ1) is 8.58. The fraction of sp³-hybridized carbons (Fsp3) is 0. The molecule has 0 fully saturated rings. The molecule has 0 spiro atoms. The van der Waals surface area contributed by atoms with Crippen molar-refractivity contribution in [2.24, 2.45) is 5.73 Å². The number of anilines is 1. The van der Waals surface area contributed by atoms with Crippen LogP contribution in [-0.2, 0) is 0 Å². The lowest BCUT2D eigenvalue weighted by atomic mass is 10.2. The van der Waals surface area contributed by atoms with Crippen molar-refractivity contribution in [3.63, 3.8) is 0 Å². The minimum absolute atomic E-state index is 0.176. The second-order valence-corrected chi connectivity index (χ2v) is 4.84. The number of amides is 1. The summed E-state index contributed by atoms with van der Waals surface area (Å²) in [5.74, 6) is 0.139. The molecule has 0 bridgehead atoms. The summed E-state index contributed by atoms with van der Waals surface area (Å²) in [6.07, 6.45) is 1.47. The number of nitrogens with zero attached hydrogens (tertiary/aromatic N) is 1. The fourth-order valence-electron chi connectivity index (χ4n) is 1.36. The largest absolute Gasteiger partial charge is 0.389 e. The maximum Gasteiger partial charge on any atom is 0.256 e. The normalized spacial score (nSPS) is 10.1. The second-order valence-electron chi connectivity index (χ2n) is 3.48. The van der Waals surface area contributed by atoms with Gasteiger partial charge < -0.3 is 11.1 Å². The van der Waals surface area contributed by atoms with Crippen molar-refractivity contribution in [3.8, 4) is 0 Å². The maximum absolute atomic E-state index is 11.9. The Morgan fingerprint density at radius 2 is 2.06 bits per heavy atom. The van der Waals surface area contributed by atoms with E-state index in [1.807, 2.05) is 0 Å². The quantitative estimate of drug-likeness (QED) is 0.754. The van der Waals surface area contributed by atoms with E-state index in [2.05, 4.69) is 31.4 Å². The Kier molecular flexibility index (Phi) is 3.73. The number of thiocarbonyl (C=S) groups is 1. The van der Waals surface area contributed by atoms with Gasteiger partial charge in [0.1, 0.15) is 10.8 Å². The van der Waals surface area contributed by atoms with Crippen molar-refractivity contribution < 1.29 is 4.79 Å². The number of aromatic nitrogens is 2. The van der Waals surface area contributed by atoms with Gasteiger partial charge in [-0.25, -0.2) is 0 Å². The maximum atomic E-state index is 11.9. The van der Waals surface area contributed by atoms with Crippen LogP contribution in [0, 0.1) is 0 Å². The van der Waals surface area contributed by atoms with Crippen molar-refractivity contribution in [2.45, 2.75) is 0 Å². The molecule has 1 amide bonds. The molecule has 0 aliphatic carbocycles. The van der Waals surface area contributed by atoms with Crippen LogP contribution in [0.2, 0.25) is 0 Å². The van der Waals surface area contributed by atoms with Gasteiger partial charge in [-0.1, -0.05) is 28.1 Å². The van der Waals surface area contributed by atoms with Crippen molar-refractivity contribution in [3.05, 3.63) is 46.1 Å². The average Bonchev–Trinajstić information content (AvgIpc) is 2.78. The highest BCUT2D eigenvalue weighted by Gasteiger charge is 2.12. The number of carbonyl (C=O) groups excluding carboxylic acids is 1. The predicted octanol–water partition coefficient (Wildman–Crippen LogP) is 2.06. The first-order valence-corrected chi connectivity index (χ1v) is 6.18. The van der Waals surface area contributed by atoms with E-state index < -0.39 is 0 Å². The molecule has 4 N–H and O–H groups in total. The summed E-state index contributed by atoms with van der Waals surface area (Å²) in [5, 5.41) is 9.10. The van der Waals surface area contributed by atoms with E-state index in [4.69, 9.17) is 18.0 Å². The van der Waals surface area contributed by atoms with Crippen LogP contribution in [0.1, 0.15) is 15.9 Å². The molecule has 0 saturated heterocycles. The molecule has 1 heterocycles. The van der Waals surface area contributed by atoms with Crippen molar-refractivity contribution in [1.82, 2.24) is 10.2 Å². The molecule has 1 aromatic heterocycles. The molecule has 5 nitrogen and oxygen atoms in total. The molecule has 0 unspecified atom stereocenters. The van der Waals surface area contributed by atoms with Crippen LogP contribution in [0.3, 0.4) is 0 Å². The number of hydrogen-bond acceptors (Lipinski definition) is 3. The van der Waals surface area contributed by atoms with E-state index in [0.717, 1.165) is 4.47 Å². The van der Waals surface area contributed by atoms with Gasteiger partial charge in [-0.2, -0.15) is 5.10 Å². The monoisotopic (exact) mass is 324 g/mol. The molecule has 0 radical (unpaired) electrons. The first-order valence-electron chi connectivity index (χ1n) is 4.98. The van der Waals surface area contributed by atoms with Crippen LogP contribution in [0.5, 0.6) is 0 Å². The van der Waals surface area contributed by atoms with Gasteiger partial charge in [-0.05, 0) is 24.3 Å². The lowest BCUT2D eigenvalue weighted by Gasteiger charge is -2.05. The summed E-state index contributed by atoms with van der Waals surface area (Å²) in [5.41, 5.74) is 6.55. The van der Waals surface area contributed by atoms with Crippen molar-refractivity contribution >= 4 is 44.9 Å². The summed E-state index contributed by atoms with van der Waals surface area (Å²) < 4.78 is 0.907. The molecule has 0 aliphatic rings. The average molecular weight is 325 g/mol. The standard InChI is InChI=1S/C11H9BrN4OS/c12-7-3-1-6(2-4-7)11(17)15-10-8(9(13)18)5-14-16-10/h1-5H,(H2,13,18)(H2,14,15,16,17). The second kappa shape index (κ2) is 5.28. The Hall–Kier alpha value is -1.73. The predicted molar refractivity (Wildman–Crippen MR) is 76.6 cm³/mol. The SMILES string of the molecule is NC(=S)c1cn[nH]c1NC(=O)c1ccc(Br)cc1. The van der Waals surface area contributed by atoms with Gasteiger partial charge in [0.15, 0.2) is 0 Å². The molecule has 2 rings (SSSR count). The lowest BCUT2D eigenvalue weighted by molar-refractivity contribution is 0.102. The Morgan fingerprint density at radius 1 is 1.39 bits per heavy atom. The molecule has 7 heteroatoms. The number of H-pyrrole nitrogens is 1. The number of nitrogens with one attached hydrogen (secondary N) is 2. The van der Waals surface area contributed by atoms with E-state index in [-0.39, 0.29) is 10.9 Å². The van der Waals surface area contributed by atoms with Gasteiger partial charge in [-0.3, -0.25) is 9.89 Å². The van der Waals surface area contributed by atoms with E-state index in [0.29, 0.717) is 16.9 Å². The molecule has 2 aromatic rings.